The molecule has 0 aliphatic carbocycles. The molecule has 0 bridgehead atoms. The van der Waals surface area contributed by atoms with Gasteiger partial charge in [-0.3, -0.25) is 0 Å². The van der Waals surface area contributed by atoms with Gasteiger partial charge in [0.05, 0.1) is 4.90 Å². The van der Waals surface area contributed by atoms with E-state index in [1.807, 2.05) is 6.07 Å². The molecule has 0 heterocycles. The first-order valence-corrected chi connectivity index (χ1v) is 6.22. The van der Waals surface area contributed by atoms with E-state index in [0.29, 0.717) is 4.47 Å². The summed E-state index contributed by atoms with van der Waals surface area (Å²) in [5.74, 6) is 0. The smallest absolute Gasteiger partial charge is 0.207 e. The Labute approximate surface area is 84.1 Å². The fourth-order valence-corrected chi connectivity index (χ4v) is 2.46. The van der Waals surface area contributed by atoms with Gasteiger partial charge in [-0.25, -0.2) is 8.42 Å². The number of hydrogen-bond donors (Lipinski definition) is 0. The second-order valence-corrected chi connectivity index (χ2v) is 5.88. The normalized spacial score (nSPS) is 11.6. The van der Waals surface area contributed by atoms with E-state index in [-0.39, 0.29) is 4.90 Å². The summed E-state index contributed by atoms with van der Waals surface area (Å²) in [5, 5.41) is 0. The van der Waals surface area contributed by atoms with Crippen LogP contribution in [0.15, 0.2) is 27.6 Å². The van der Waals surface area contributed by atoms with Crippen LogP contribution >= 0.6 is 26.6 Å². The monoisotopic (exact) mass is 268 g/mol. The van der Waals surface area contributed by atoms with Crippen molar-refractivity contribution in [3.8, 4) is 0 Å². The highest BCUT2D eigenvalue weighted by Gasteiger charge is 2.10. The highest BCUT2D eigenvalue weighted by molar-refractivity contribution is 9.10. The van der Waals surface area contributed by atoms with Crippen LogP contribution in [0.1, 0.15) is 5.56 Å². The predicted molar refractivity (Wildman–Crippen MR) is 51.9 cm³/mol. The highest BCUT2D eigenvalue weighted by Crippen LogP contribution is 2.21. The van der Waals surface area contributed by atoms with Gasteiger partial charge in [0.15, 0.2) is 0 Å². The van der Waals surface area contributed by atoms with Gasteiger partial charge < -0.3 is 0 Å². The van der Waals surface area contributed by atoms with E-state index in [1.165, 1.54) is 12.1 Å². The summed E-state index contributed by atoms with van der Waals surface area (Å²) in [4.78, 5) is 0.121. The Kier molecular flexibility index (Phi) is 2.81. The molecule has 0 saturated heterocycles. The lowest BCUT2D eigenvalue weighted by Crippen LogP contribution is -1.90. The molecule has 0 aromatic heterocycles. The molecule has 66 valence electrons. The van der Waals surface area contributed by atoms with Crippen molar-refractivity contribution in [2.45, 2.75) is 11.8 Å². The fourth-order valence-electron chi connectivity index (χ4n) is 0.844. The topological polar surface area (TPSA) is 34.1 Å². The maximum Gasteiger partial charge on any atom is 0.261 e. The number of hydrogen-bond acceptors (Lipinski definition) is 2. The van der Waals surface area contributed by atoms with E-state index < -0.39 is 9.05 Å². The first-order chi connectivity index (χ1) is 5.39. The molecule has 0 N–H and O–H groups in total. The number of benzene rings is 1. The van der Waals surface area contributed by atoms with Crippen molar-refractivity contribution in [2.75, 3.05) is 0 Å². The van der Waals surface area contributed by atoms with Crippen LogP contribution < -0.4 is 0 Å². The maximum atomic E-state index is 10.9. The van der Waals surface area contributed by atoms with Crippen LogP contribution in [0.5, 0.6) is 0 Å². The Morgan fingerprint density at radius 3 is 2.33 bits per heavy atom. The molecule has 0 radical (unpaired) electrons. The van der Waals surface area contributed by atoms with Crippen LogP contribution in [0.3, 0.4) is 0 Å². The molecule has 0 amide bonds. The van der Waals surface area contributed by atoms with Gasteiger partial charge in [0, 0.05) is 15.2 Å². The molecule has 0 aliphatic rings. The average molecular weight is 270 g/mol. The standard InChI is InChI=1S/C7H6BrClO2S/c1-5-2-6(8)4-7(3-5)12(9,10)11/h2-4H,1H3. The van der Waals surface area contributed by atoms with E-state index in [0.717, 1.165) is 5.56 Å². The van der Waals surface area contributed by atoms with Gasteiger partial charge >= 0.3 is 0 Å². The largest absolute Gasteiger partial charge is 0.261 e. The molecule has 2 nitrogen and oxygen atoms in total. The second kappa shape index (κ2) is 3.36. The SMILES string of the molecule is Cc1cc(Br)cc(S(=O)(=O)Cl)c1. The third-order valence-corrected chi connectivity index (χ3v) is 3.09. The van der Waals surface area contributed by atoms with E-state index in [4.69, 9.17) is 10.7 Å². The molecule has 0 fully saturated rings. The minimum absolute atomic E-state index is 0.121. The van der Waals surface area contributed by atoms with Crippen molar-refractivity contribution in [3.63, 3.8) is 0 Å². The van der Waals surface area contributed by atoms with E-state index in [9.17, 15) is 8.42 Å². The van der Waals surface area contributed by atoms with Crippen LogP contribution in [-0.4, -0.2) is 8.42 Å². The molecule has 1 rings (SSSR count). The van der Waals surface area contributed by atoms with Gasteiger partial charge in [-0.1, -0.05) is 15.9 Å². The number of rotatable bonds is 1. The summed E-state index contributed by atoms with van der Waals surface area (Å²) in [7, 11) is 1.55. The van der Waals surface area contributed by atoms with Gasteiger partial charge in [0.2, 0.25) is 0 Å². The van der Waals surface area contributed by atoms with Gasteiger partial charge in [-0.2, -0.15) is 0 Å². The summed E-state index contributed by atoms with van der Waals surface area (Å²) in [5.41, 5.74) is 0.851. The molecule has 5 heteroatoms. The maximum absolute atomic E-state index is 10.9. The first kappa shape index (κ1) is 10.0. The quantitative estimate of drug-likeness (QED) is 0.735. The van der Waals surface area contributed by atoms with Crippen LogP contribution in [0, 0.1) is 6.92 Å². The van der Waals surface area contributed by atoms with Crippen molar-refractivity contribution in [1.82, 2.24) is 0 Å². The Morgan fingerprint density at radius 2 is 1.92 bits per heavy atom. The summed E-state index contributed by atoms with van der Waals surface area (Å²) in [6.07, 6.45) is 0. The Morgan fingerprint density at radius 1 is 1.33 bits per heavy atom. The molecule has 0 unspecified atom stereocenters. The van der Waals surface area contributed by atoms with Crippen LogP contribution in [0.25, 0.3) is 0 Å². The second-order valence-electron chi connectivity index (χ2n) is 2.40. The lowest BCUT2D eigenvalue weighted by molar-refractivity contribution is 0.609. The number of halogens is 2. The third kappa shape index (κ3) is 2.47. The van der Waals surface area contributed by atoms with Gasteiger partial charge in [0.1, 0.15) is 0 Å². The van der Waals surface area contributed by atoms with Crippen molar-refractivity contribution in [2.24, 2.45) is 0 Å². The average Bonchev–Trinajstić information content (AvgIpc) is 1.82. The zero-order valence-corrected chi connectivity index (χ0v) is 9.37. The highest BCUT2D eigenvalue weighted by atomic mass is 79.9. The van der Waals surface area contributed by atoms with Crippen molar-refractivity contribution in [3.05, 3.63) is 28.2 Å². The minimum atomic E-state index is -3.61. The van der Waals surface area contributed by atoms with Crippen LogP contribution in [0.2, 0.25) is 0 Å². The first-order valence-electron chi connectivity index (χ1n) is 3.11. The molecule has 12 heavy (non-hydrogen) atoms. The molecular weight excluding hydrogens is 263 g/mol. The molecule has 0 saturated carbocycles. The Hall–Kier alpha value is -0.0600. The molecule has 0 atom stereocenters. The third-order valence-electron chi connectivity index (χ3n) is 1.30. The van der Waals surface area contributed by atoms with E-state index in [1.54, 1.807) is 6.92 Å². The summed E-state index contributed by atoms with van der Waals surface area (Å²) in [6, 6.07) is 4.80. The van der Waals surface area contributed by atoms with Gasteiger partial charge in [-0.15, -0.1) is 0 Å². The Bertz CT molecular complexity index is 380. The van der Waals surface area contributed by atoms with Crippen molar-refractivity contribution in [1.29, 1.82) is 0 Å². The number of aryl methyl sites for hydroxylation is 1. The van der Waals surface area contributed by atoms with Crippen LogP contribution in [-0.2, 0) is 9.05 Å². The fraction of sp³-hybridized carbons (Fsp3) is 0.143. The van der Waals surface area contributed by atoms with Crippen molar-refractivity contribution < 1.29 is 8.42 Å². The van der Waals surface area contributed by atoms with Gasteiger partial charge in [0.25, 0.3) is 9.05 Å². The molecule has 1 aromatic carbocycles. The summed E-state index contributed by atoms with van der Waals surface area (Å²) < 4.78 is 22.5. The zero-order chi connectivity index (χ0) is 9.35. The van der Waals surface area contributed by atoms with Crippen LogP contribution in [0.4, 0.5) is 0 Å². The summed E-state index contributed by atoms with van der Waals surface area (Å²) >= 11 is 3.18. The predicted octanol–water partition coefficient (Wildman–Crippen LogP) is 2.69. The molecule has 1 aromatic rings. The Balaban J connectivity index is 3.37. The lowest BCUT2D eigenvalue weighted by atomic mass is 10.2. The van der Waals surface area contributed by atoms with E-state index in [2.05, 4.69) is 15.9 Å². The lowest BCUT2D eigenvalue weighted by Gasteiger charge is -1.99. The van der Waals surface area contributed by atoms with Gasteiger partial charge in [-0.05, 0) is 30.7 Å². The summed E-state index contributed by atoms with van der Waals surface area (Å²) in [6.45, 7) is 1.80. The van der Waals surface area contributed by atoms with E-state index >= 15 is 0 Å². The molecular formula is C7H6BrClO2S. The molecule has 0 aliphatic heterocycles. The van der Waals surface area contributed by atoms with Crippen molar-refractivity contribution >= 4 is 35.7 Å². The molecule has 0 spiro atoms. The minimum Gasteiger partial charge on any atom is -0.207 e. The zero-order valence-electron chi connectivity index (χ0n) is 6.21.